The molecule has 2 aromatic rings. The molecular weight excluding hydrogens is 394 g/mol. The average Bonchev–Trinajstić information content (AvgIpc) is 3.32. The standard InChI is InChI=1S/C22H31N7O2/c23-18-8-6-16(7-9-18)13-24-21-20(29(30)31)15-26-22(27-21)25-14-17-4-3-5-19(12-17)28-10-1-2-11-28/h3-5,12,15-16,18H,1-2,6-11,13-14,23H2,(H2,24,25,26,27). The molecule has 0 amide bonds. The van der Waals surface area contributed by atoms with Crippen LogP contribution in [0.4, 0.5) is 23.1 Å². The zero-order chi connectivity index (χ0) is 21.6. The van der Waals surface area contributed by atoms with Gasteiger partial charge in [0.25, 0.3) is 0 Å². The first-order valence-electron chi connectivity index (χ1n) is 11.2. The third-order valence-corrected chi connectivity index (χ3v) is 6.25. The fourth-order valence-corrected chi connectivity index (χ4v) is 4.38. The molecule has 166 valence electrons. The fraction of sp³-hybridized carbons (Fsp3) is 0.545. The van der Waals surface area contributed by atoms with Crippen molar-refractivity contribution in [3.8, 4) is 0 Å². The molecule has 0 radical (unpaired) electrons. The first-order chi connectivity index (χ1) is 15.1. The number of hydrogen-bond donors (Lipinski definition) is 3. The van der Waals surface area contributed by atoms with Crippen LogP contribution >= 0.6 is 0 Å². The maximum Gasteiger partial charge on any atom is 0.329 e. The van der Waals surface area contributed by atoms with Gasteiger partial charge in [-0.25, -0.2) is 4.98 Å². The summed E-state index contributed by atoms with van der Waals surface area (Å²) >= 11 is 0. The average molecular weight is 426 g/mol. The largest absolute Gasteiger partial charge is 0.372 e. The number of benzene rings is 1. The molecule has 9 heteroatoms. The summed E-state index contributed by atoms with van der Waals surface area (Å²) in [6.07, 6.45) is 7.82. The molecule has 1 aliphatic heterocycles. The molecule has 1 aromatic heterocycles. The third-order valence-electron chi connectivity index (χ3n) is 6.25. The van der Waals surface area contributed by atoms with Gasteiger partial charge >= 0.3 is 5.69 Å². The van der Waals surface area contributed by atoms with Gasteiger partial charge in [-0.05, 0) is 62.1 Å². The summed E-state index contributed by atoms with van der Waals surface area (Å²) < 4.78 is 0. The Labute approximate surface area is 182 Å². The van der Waals surface area contributed by atoms with E-state index in [0.717, 1.165) is 44.3 Å². The molecule has 0 unspecified atom stereocenters. The molecule has 1 saturated carbocycles. The van der Waals surface area contributed by atoms with Crippen LogP contribution in [0.1, 0.15) is 44.1 Å². The van der Waals surface area contributed by atoms with Gasteiger partial charge in [0.05, 0.1) is 4.92 Å². The number of rotatable bonds is 8. The van der Waals surface area contributed by atoms with E-state index >= 15 is 0 Å². The summed E-state index contributed by atoms with van der Waals surface area (Å²) in [5.41, 5.74) is 8.23. The molecule has 9 nitrogen and oxygen atoms in total. The molecule has 1 saturated heterocycles. The van der Waals surface area contributed by atoms with Crippen molar-refractivity contribution in [2.45, 2.75) is 51.1 Å². The van der Waals surface area contributed by atoms with E-state index in [1.807, 2.05) is 0 Å². The molecule has 4 rings (SSSR count). The van der Waals surface area contributed by atoms with Crippen LogP contribution in [0.25, 0.3) is 0 Å². The van der Waals surface area contributed by atoms with Crippen LogP contribution in [0.2, 0.25) is 0 Å². The third kappa shape index (κ3) is 5.61. The lowest BCUT2D eigenvalue weighted by atomic mass is 9.86. The van der Waals surface area contributed by atoms with Gasteiger partial charge in [-0.15, -0.1) is 0 Å². The maximum atomic E-state index is 11.4. The Kier molecular flexibility index (Phi) is 6.81. The van der Waals surface area contributed by atoms with Crippen LogP contribution in [0.15, 0.2) is 30.5 Å². The highest BCUT2D eigenvalue weighted by molar-refractivity contribution is 5.57. The van der Waals surface area contributed by atoms with E-state index in [1.54, 1.807) is 0 Å². The van der Waals surface area contributed by atoms with Crippen LogP contribution in [-0.4, -0.2) is 40.6 Å². The Morgan fingerprint density at radius 1 is 1.16 bits per heavy atom. The Hall–Kier alpha value is -2.94. The minimum atomic E-state index is -0.442. The number of nitrogens with two attached hydrogens (primary N) is 1. The highest BCUT2D eigenvalue weighted by Gasteiger charge is 2.22. The number of nitrogens with one attached hydrogen (secondary N) is 2. The first-order valence-corrected chi connectivity index (χ1v) is 11.2. The van der Waals surface area contributed by atoms with E-state index in [1.165, 1.54) is 24.7 Å². The zero-order valence-corrected chi connectivity index (χ0v) is 17.8. The first kappa shape index (κ1) is 21.3. The van der Waals surface area contributed by atoms with Crippen molar-refractivity contribution in [2.24, 2.45) is 11.7 Å². The highest BCUT2D eigenvalue weighted by Crippen LogP contribution is 2.27. The Balaban J connectivity index is 1.39. The Bertz CT molecular complexity index is 893. The van der Waals surface area contributed by atoms with E-state index in [4.69, 9.17) is 5.73 Å². The van der Waals surface area contributed by atoms with Crippen molar-refractivity contribution in [3.05, 3.63) is 46.1 Å². The summed E-state index contributed by atoms with van der Waals surface area (Å²) in [6.45, 7) is 3.41. The molecule has 31 heavy (non-hydrogen) atoms. The number of anilines is 3. The minimum absolute atomic E-state index is 0.103. The Morgan fingerprint density at radius 3 is 2.68 bits per heavy atom. The summed E-state index contributed by atoms with van der Waals surface area (Å²) in [6, 6.07) is 8.72. The van der Waals surface area contributed by atoms with Gasteiger partial charge in [-0.3, -0.25) is 10.1 Å². The van der Waals surface area contributed by atoms with E-state index in [0.29, 0.717) is 25.0 Å². The van der Waals surface area contributed by atoms with Crippen molar-refractivity contribution < 1.29 is 4.92 Å². The second kappa shape index (κ2) is 9.91. The van der Waals surface area contributed by atoms with Gasteiger partial charge in [0, 0.05) is 37.9 Å². The van der Waals surface area contributed by atoms with Crippen LogP contribution in [0.5, 0.6) is 0 Å². The summed E-state index contributed by atoms with van der Waals surface area (Å²) in [5, 5.41) is 17.8. The minimum Gasteiger partial charge on any atom is -0.372 e. The smallest absolute Gasteiger partial charge is 0.329 e. The molecule has 2 heterocycles. The van der Waals surface area contributed by atoms with Gasteiger partial charge in [-0.2, -0.15) is 4.98 Å². The van der Waals surface area contributed by atoms with Crippen molar-refractivity contribution in [1.82, 2.24) is 9.97 Å². The van der Waals surface area contributed by atoms with Crippen molar-refractivity contribution in [3.63, 3.8) is 0 Å². The molecule has 0 bridgehead atoms. The molecule has 0 atom stereocenters. The van der Waals surface area contributed by atoms with Crippen LogP contribution in [0, 0.1) is 16.0 Å². The predicted molar refractivity (Wildman–Crippen MR) is 122 cm³/mol. The molecule has 2 fully saturated rings. The summed E-state index contributed by atoms with van der Waals surface area (Å²) in [4.78, 5) is 21.9. The quantitative estimate of drug-likeness (QED) is 0.434. The molecule has 2 aliphatic rings. The monoisotopic (exact) mass is 425 g/mol. The van der Waals surface area contributed by atoms with Gasteiger partial charge in [0.1, 0.15) is 6.20 Å². The Morgan fingerprint density at radius 2 is 1.94 bits per heavy atom. The van der Waals surface area contributed by atoms with E-state index in [-0.39, 0.29) is 17.5 Å². The topological polar surface area (TPSA) is 122 Å². The zero-order valence-electron chi connectivity index (χ0n) is 17.8. The normalized spacial score (nSPS) is 21.1. The van der Waals surface area contributed by atoms with E-state index in [9.17, 15) is 10.1 Å². The maximum absolute atomic E-state index is 11.4. The SMILES string of the molecule is NC1CCC(CNc2nc(NCc3cccc(N4CCCC4)c3)ncc2[N+](=O)[O-])CC1. The van der Waals surface area contributed by atoms with Crippen molar-refractivity contribution in [2.75, 3.05) is 35.2 Å². The van der Waals surface area contributed by atoms with E-state index in [2.05, 4.69) is 49.8 Å². The van der Waals surface area contributed by atoms with Gasteiger partial charge in [0.15, 0.2) is 0 Å². The van der Waals surface area contributed by atoms with Crippen molar-refractivity contribution >= 4 is 23.1 Å². The fourth-order valence-electron chi connectivity index (χ4n) is 4.38. The summed E-state index contributed by atoms with van der Waals surface area (Å²) in [7, 11) is 0. The molecule has 1 aliphatic carbocycles. The summed E-state index contributed by atoms with van der Waals surface area (Å²) in [5.74, 6) is 1.10. The van der Waals surface area contributed by atoms with Crippen LogP contribution < -0.4 is 21.3 Å². The van der Waals surface area contributed by atoms with Crippen molar-refractivity contribution in [1.29, 1.82) is 0 Å². The van der Waals surface area contributed by atoms with E-state index < -0.39 is 4.92 Å². The molecule has 1 aromatic carbocycles. The molecule has 0 spiro atoms. The highest BCUT2D eigenvalue weighted by atomic mass is 16.6. The second-order valence-electron chi connectivity index (χ2n) is 8.56. The lowest BCUT2D eigenvalue weighted by Gasteiger charge is -2.26. The van der Waals surface area contributed by atoms with Gasteiger partial charge in [-0.1, -0.05) is 12.1 Å². The van der Waals surface area contributed by atoms with Gasteiger partial charge in [0.2, 0.25) is 11.8 Å². The van der Waals surface area contributed by atoms with Crippen LogP contribution in [-0.2, 0) is 6.54 Å². The number of nitro groups is 1. The number of nitrogens with zero attached hydrogens (tertiary/aromatic N) is 4. The number of hydrogen-bond acceptors (Lipinski definition) is 8. The predicted octanol–water partition coefficient (Wildman–Crippen LogP) is 3.53. The van der Waals surface area contributed by atoms with Gasteiger partial charge < -0.3 is 21.3 Å². The lowest BCUT2D eigenvalue weighted by Crippen LogP contribution is -2.29. The molecular formula is C22H31N7O2. The lowest BCUT2D eigenvalue weighted by molar-refractivity contribution is -0.384. The molecule has 4 N–H and O–H groups in total. The second-order valence-corrected chi connectivity index (χ2v) is 8.56. The number of aromatic nitrogens is 2. The van der Waals surface area contributed by atoms with Crippen LogP contribution in [0.3, 0.4) is 0 Å².